The minimum Gasteiger partial charge on any atom is -0.0622 e. The molecule has 0 heterocycles. The van der Waals surface area contributed by atoms with Gasteiger partial charge in [-0.15, -0.1) is 0 Å². The van der Waals surface area contributed by atoms with Gasteiger partial charge in [-0.3, -0.25) is 0 Å². The minimum atomic E-state index is 1.19. The summed E-state index contributed by atoms with van der Waals surface area (Å²) in [5.41, 5.74) is 12.2. The van der Waals surface area contributed by atoms with E-state index in [1.165, 1.54) is 131 Å². The van der Waals surface area contributed by atoms with Crippen molar-refractivity contribution in [3.05, 3.63) is 218 Å². The molecule has 0 N–H and O–H groups in total. The molecular formula is C60H36. The molecule has 0 aliphatic carbocycles. The minimum absolute atomic E-state index is 1.19. The Balaban J connectivity index is 1.04. The van der Waals surface area contributed by atoms with Crippen molar-refractivity contribution in [3.63, 3.8) is 0 Å². The van der Waals surface area contributed by atoms with Gasteiger partial charge in [0.05, 0.1) is 0 Å². The molecule has 0 aliphatic heterocycles. The molecule has 0 bridgehead atoms. The monoisotopic (exact) mass is 756 g/mol. The molecule has 13 rings (SSSR count). The lowest BCUT2D eigenvalue weighted by molar-refractivity contribution is 1.56. The molecule has 0 heteroatoms. The van der Waals surface area contributed by atoms with Crippen LogP contribution in [0, 0.1) is 0 Å². The highest BCUT2D eigenvalue weighted by Crippen LogP contribution is 2.46. The van der Waals surface area contributed by atoms with E-state index in [9.17, 15) is 0 Å². The molecule has 0 spiro atoms. The first-order valence-corrected chi connectivity index (χ1v) is 20.9. The zero-order valence-corrected chi connectivity index (χ0v) is 32.8. The third kappa shape index (κ3) is 4.98. The Labute approximate surface area is 347 Å². The van der Waals surface area contributed by atoms with Gasteiger partial charge in [0.2, 0.25) is 0 Å². The van der Waals surface area contributed by atoms with Crippen LogP contribution in [0.2, 0.25) is 0 Å². The third-order valence-electron chi connectivity index (χ3n) is 13.2. The molecule has 0 radical (unpaired) electrons. The van der Waals surface area contributed by atoms with Gasteiger partial charge in [-0.2, -0.15) is 0 Å². The highest BCUT2D eigenvalue weighted by molar-refractivity contribution is 6.27. The summed E-state index contributed by atoms with van der Waals surface area (Å²) < 4.78 is 0. The molecule has 0 amide bonds. The summed E-state index contributed by atoms with van der Waals surface area (Å²) in [6.45, 7) is 0. The van der Waals surface area contributed by atoms with Crippen LogP contribution in [-0.2, 0) is 0 Å². The van der Waals surface area contributed by atoms with Gasteiger partial charge in [0, 0.05) is 0 Å². The second kappa shape index (κ2) is 12.9. The molecular weight excluding hydrogens is 721 g/mol. The number of hydrogen-bond donors (Lipinski definition) is 0. The number of rotatable bonds is 5. The second-order valence-electron chi connectivity index (χ2n) is 16.4. The second-order valence-corrected chi connectivity index (χ2v) is 16.4. The normalized spacial score (nSPS) is 12.0. The smallest absolute Gasteiger partial charge is 0.00206 e. The lowest BCUT2D eigenvalue weighted by atomic mass is 9.84. The van der Waals surface area contributed by atoms with Gasteiger partial charge in [-0.1, -0.05) is 200 Å². The first-order valence-electron chi connectivity index (χ1n) is 20.9. The molecule has 0 fully saturated rings. The van der Waals surface area contributed by atoms with Crippen molar-refractivity contribution in [2.75, 3.05) is 0 Å². The van der Waals surface area contributed by atoms with Crippen molar-refractivity contribution in [3.8, 4) is 55.6 Å². The van der Waals surface area contributed by atoms with Crippen molar-refractivity contribution in [1.82, 2.24) is 0 Å². The van der Waals surface area contributed by atoms with Crippen molar-refractivity contribution < 1.29 is 0 Å². The van der Waals surface area contributed by atoms with E-state index in [1.807, 2.05) is 0 Å². The van der Waals surface area contributed by atoms with E-state index < -0.39 is 0 Å². The van der Waals surface area contributed by atoms with Crippen LogP contribution in [-0.4, -0.2) is 0 Å². The summed E-state index contributed by atoms with van der Waals surface area (Å²) >= 11 is 0. The van der Waals surface area contributed by atoms with Crippen molar-refractivity contribution in [1.29, 1.82) is 0 Å². The Morgan fingerprint density at radius 3 is 1.22 bits per heavy atom. The van der Waals surface area contributed by atoms with E-state index >= 15 is 0 Å². The predicted molar refractivity (Wildman–Crippen MR) is 259 cm³/mol. The van der Waals surface area contributed by atoms with Crippen LogP contribution in [0.4, 0.5) is 0 Å². The van der Waals surface area contributed by atoms with Gasteiger partial charge in [0.1, 0.15) is 0 Å². The third-order valence-corrected chi connectivity index (χ3v) is 13.2. The topological polar surface area (TPSA) is 0 Å². The van der Waals surface area contributed by atoms with Gasteiger partial charge in [0.15, 0.2) is 0 Å². The van der Waals surface area contributed by atoms with Gasteiger partial charge >= 0.3 is 0 Å². The van der Waals surface area contributed by atoms with Crippen LogP contribution in [0.15, 0.2) is 218 Å². The summed E-state index contributed by atoms with van der Waals surface area (Å²) in [5.74, 6) is 0. The summed E-state index contributed by atoms with van der Waals surface area (Å²) in [6, 6.07) is 81.6. The maximum Gasteiger partial charge on any atom is -0.00206 e. The highest BCUT2D eigenvalue weighted by atomic mass is 14.2. The van der Waals surface area contributed by atoms with Crippen LogP contribution in [0.1, 0.15) is 0 Å². The summed E-state index contributed by atoms with van der Waals surface area (Å²) in [5, 5.41) is 18.1. The quantitative estimate of drug-likeness (QED) is 0.153. The predicted octanol–water partition coefficient (Wildman–Crippen LogP) is 17.0. The lowest BCUT2D eigenvalue weighted by Crippen LogP contribution is -1.93. The molecule has 0 aliphatic rings. The van der Waals surface area contributed by atoms with E-state index in [0.29, 0.717) is 0 Å². The number of fused-ring (bicyclic) bond motifs is 1. The fraction of sp³-hybridized carbons (Fsp3) is 0. The number of benzene rings is 13. The van der Waals surface area contributed by atoms with Crippen LogP contribution in [0.3, 0.4) is 0 Å². The molecule has 0 unspecified atom stereocenters. The molecule has 60 heavy (non-hydrogen) atoms. The summed E-state index contributed by atoms with van der Waals surface area (Å²) in [6.07, 6.45) is 0. The Kier molecular flexibility index (Phi) is 7.11. The zero-order valence-electron chi connectivity index (χ0n) is 32.8. The molecule has 0 aromatic heterocycles. The van der Waals surface area contributed by atoms with E-state index in [2.05, 4.69) is 218 Å². The van der Waals surface area contributed by atoms with Crippen LogP contribution in [0.25, 0.3) is 131 Å². The van der Waals surface area contributed by atoms with E-state index in [4.69, 9.17) is 0 Å². The fourth-order valence-electron chi connectivity index (χ4n) is 10.3. The van der Waals surface area contributed by atoms with Crippen molar-refractivity contribution >= 4 is 75.4 Å². The number of hydrogen-bond acceptors (Lipinski definition) is 0. The average Bonchev–Trinajstić information content (AvgIpc) is 3.32. The molecule has 0 atom stereocenters. The van der Waals surface area contributed by atoms with Crippen molar-refractivity contribution in [2.24, 2.45) is 0 Å². The molecule has 276 valence electrons. The standard InChI is InChI=1S/C60H36/c1-2-9-38(10-3-1)55-35-48(27-31-52(55)51-30-23-44-20-18-40-13-7-15-42-25-33-54(51)60(44)58(40)42)50-29-26-47(36-56(50)46-21-16-37-8-4-5-11-45(37)34-46)49-28-22-43-19-17-39-12-6-14-41-24-32-53(49)59(43)57(39)41/h1-36H. The largest absolute Gasteiger partial charge is 0.0622 e. The van der Waals surface area contributed by atoms with Crippen LogP contribution in [0.5, 0.6) is 0 Å². The van der Waals surface area contributed by atoms with E-state index in [0.717, 1.165) is 0 Å². The average molecular weight is 757 g/mol. The van der Waals surface area contributed by atoms with Gasteiger partial charge in [0.25, 0.3) is 0 Å². The van der Waals surface area contributed by atoms with E-state index in [-0.39, 0.29) is 0 Å². The summed E-state index contributed by atoms with van der Waals surface area (Å²) in [4.78, 5) is 0. The highest BCUT2D eigenvalue weighted by Gasteiger charge is 2.19. The van der Waals surface area contributed by atoms with Gasteiger partial charge in [-0.25, -0.2) is 0 Å². The SMILES string of the molecule is c1ccc(-c2cc(-c3ccc(-c4ccc5ccc6cccc7ccc4c5c67)cc3-c3ccc4ccccc4c3)ccc2-c2ccc3ccc4cccc5ccc2c3c45)cc1. The lowest BCUT2D eigenvalue weighted by Gasteiger charge is -2.19. The maximum atomic E-state index is 2.43. The first kappa shape index (κ1) is 33.2. The zero-order chi connectivity index (χ0) is 39.3. The van der Waals surface area contributed by atoms with Gasteiger partial charge in [-0.05, 0) is 149 Å². The van der Waals surface area contributed by atoms with E-state index in [1.54, 1.807) is 0 Å². The molecule has 0 saturated heterocycles. The molecule has 13 aromatic rings. The molecule has 0 saturated carbocycles. The van der Waals surface area contributed by atoms with Crippen molar-refractivity contribution in [2.45, 2.75) is 0 Å². The maximum absolute atomic E-state index is 2.43. The Hall–Kier alpha value is -7.80. The van der Waals surface area contributed by atoms with Crippen LogP contribution < -0.4 is 0 Å². The fourth-order valence-corrected chi connectivity index (χ4v) is 10.3. The van der Waals surface area contributed by atoms with Gasteiger partial charge < -0.3 is 0 Å². The Morgan fingerprint density at radius 2 is 0.567 bits per heavy atom. The summed E-state index contributed by atoms with van der Waals surface area (Å²) in [7, 11) is 0. The Morgan fingerprint density at radius 1 is 0.167 bits per heavy atom. The molecule has 13 aromatic carbocycles. The van der Waals surface area contributed by atoms with Crippen LogP contribution >= 0.6 is 0 Å². The molecule has 0 nitrogen and oxygen atoms in total. The first-order chi connectivity index (χ1) is 29.7. The Bertz CT molecular complexity index is 3780.